The topological polar surface area (TPSA) is 69.6 Å². The van der Waals surface area contributed by atoms with Gasteiger partial charge in [0.15, 0.2) is 0 Å². The summed E-state index contributed by atoms with van der Waals surface area (Å²) in [5.41, 5.74) is 0.560. The molecule has 1 heterocycles. The van der Waals surface area contributed by atoms with Gasteiger partial charge in [0.2, 0.25) is 0 Å². The number of piperidine rings is 1. The fourth-order valence-corrected chi connectivity index (χ4v) is 2.21. The molecule has 6 heteroatoms. The molecule has 0 spiro atoms. The Bertz CT molecular complexity index is 467. The molecule has 2 rings (SSSR count). The lowest BCUT2D eigenvalue weighted by molar-refractivity contribution is 0.0907. The molecule has 0 saturated carbocycles. The number of hydrogen-bond donors (Lipinski definition) is 2. The van der Waals surface area contributed by atoms with Gasteiger partial charge < -0.3 is 15.3 Å². The molecule has 102 valence electrons. The summed E-state index contributed by atoms with van der Waals surface area (Å²) in [6.45, 7) is 0.918. The molecule has 1 aliphatic rings. The lowest BCUT2D eigenvalue weighted by Crippen LogP contribution is -2.46. The van der Waals surface area contributed by atoms with Crippen LogP contribution in [-0.2, 0) is 0 Å². The van der Waals surface area contributed by atoms with E-state index in [0.717, 1.165) is 0 Å². The van der Waals surface area contributed by atoms with Crippen LogP contribution < -0.4 is 5.32 Å². The van der Waals surface area contributed by atoms with Gasteiger partial charge in [-0.3, -0.25) is 4.79 Å². The molecule has 1 fully saturated rings. The minimum absolute atomic E-state index is 0.0266. The summed E-state index contributed by atoms with van der Waals surface area (Å²) in [6.07, 6.45) is 0.388. The minimum Gasteiger partial charge on any atom is -0.465 e. The number of benzene rings is 1. The Morgan fingerprint density at radius 2 is 1.79 bits per heavy atom. The zero-order valence-electron chi connectivity index (χ0n) is 10.3. The normalized spacial score (nSPS) is 16.2. The number of hydrogen-bond acceptors (Lipinski definition) is 2. The monoisotopic (exact) mass is 282 g/mol. The lowest BCUT2D eigenvalue weighted by atomic mass is 10.0. The molecule has 1 aliphatic heterocycles. The third-order valence-electron chi connectivity index (χ3n) is 3.21. The molecule has 0 radical (unpaired) electrons. The fraction of sp³-hybridized carbons (Fsp3) is 0.385. The van der Waals surface area contributed by atoms with Crippen LogP contribution in [0.15, 0.2) is 24.3 Å². The molecule has 0 aromatic heterocycles. The van der Waals surface area contributed by atoms with Crippen LogP contribution in [0, 0.1) is 0 Å². The second kappa shape index (κ2) is 5.93. The van der Waals surface area contributed by atoms with E-state index in [9.17, 15) is 9.59 Å². The van der Waals surface area contributed by atoms with E-state index >= 15 is 0 Å². The summed E-state index contributed by atoms with van der Waals surface area (Å²) in [4.78, 5) is 24.1. The molecule has 1 aromatic rings. The Labute approximate surface area is 116 Å². The lowest BCUT2D eigenvalue weighted by Gasteiger charge is -2.30. The summed E-state index contributed by atoms with van der Waals surface area (Å²) in [6, 6.07) is 6.71. The number of amides is 2. The van der Waals surface area contributed by atoms with E-state index < -0.39 is 6.09 Å². The van der Waals surface area contributed by atoms with Crippen LogP contribution in [0.25, 0.3) is 0 Å². The highest BCUT2D eigenvalue weighted by Crippen LogP contribution is 2.13. The van der Waals surface area contributed by atoms with Crippen molar-refractivity contribution in [3.8, 4) is 0 Å². The van der Waals surface area contributed by atoms with Crippen molar-refractivity contribution in [2.24, 2.45) is 0 Å². The van der Waals surface area contributed by atoms with Crippen LogP contribution in [0.3, 0.4) is 0 Å². The van der Waals surface area contributed by atoms with Gasteiger partial charge in [-0.25, -0.2) is 4.79 Å². The van der Waals surface area contributed by atoms with E-state index in [1.165, 1.54) is 4.90 Å². The molecule has 1 saturated heterocycles. The van der Waals surface area contributed by atoms with E-state index in [-0.39, 0.29) is 11.9 Å². The van der Waals surface area contributed by atoms with Gasteiger partial charge in [-0.2, -0.15) is 0 Å². The van der Waals surface area contributed by atoms with Gasteiger partial charge in [-0.1, -0.05) is 11.6 Å². The number of halogens is 1. The van der Waals surface area contributed by atoms with E-state index in [4.69, 9.17) is 16.7 Å². The van der Waals surface area contributed by atoms with Crippen LogP contribution >= 0.6 is 11.6 Å². The van der Waals surface area contributed by atoms with Gasteiger partial charge in [0, 0.05) is 29.7 Å². The summed E-state index contributed by atoms with van der Waals surface area (Å²) in [5, 5.41) is 12.3. The summed E-state index contributed by atoms with van der Waals surface area (Å²) < 4.78 is 0. The first kappa shape index (κ1) is 13.7. The average Bonchev–Trinajstić information content (AvgIpc) is 2.40. The Hall–Kier alpha value is -1.75. The van der Waals surface area contributed by atoms with Crippen molar-refractivity contribution in [2.45, 2.75) is 18.9 Å². The first-order valence-electron chi connectivity index (χ1n) is 6.10. The summed E-state index contributed by atoms with van der Waals surface area (Å²) in [7, 11) is 0. The molecule has 0 aliphatic carbocycles. The number of carbonyl (C=O) groups is 2. The third kappa shape index (κ3) is 3.61. The Balaban J connectivity index is 1.87. The first-order valence-corrected chi connectivity index (χ1v) is 6.48. The third-order valence-corrected chi connectivity index (χ3v) is 3.46. The highest BCUT2D eigenvalue weighted by molar-refractivity contribution is 6.30. The SMILES string of the molecule is O=C(NC1CCN(C(=O)O)CC1)c1ccc(Cl)cc1. The van der Waals surface area contributed by atoms with Gasteiger partial charge in [0.05, 0.1) is 0 Å². The van der Waals surface area contributed by atoms with Gasteiger partial charge in [-0.05, 0) is 37.1 Å². The predicted octanol–water partition coefficient (Wildman–Crippen LogP) is 2.21. The van der Waals surface area contributed by atoms with Crippen LogP contribution in [0.1, 0.15) is 23.2 Å². The molecular weight excluding hydrogens is 268 g/mol. The van der Waals surface area contributed by atoms with E-state index in [2.05, 4.69) is 5.32 Å². The summed E-state index contributed by atoms with van der Waals surface area (Å²) >= 11 is 5.76. The van der Waals surface area contributed by atoms with Crippen molar-refractivity contribution >= 4 is 23.6 Å². The quantitative estimate of drug-likeness (QED) is 0.874. The van der Waals surface area contributed by atoms with E-state index in [0.29, 0.717) is 36.5 Å². The maximum absolute atomic E-state index is 12.0. The number of rotatable bonds is 2. The molecule has 5 nitrogen and oxygen atoms in total. The van der Waals surface area contributed by atoms with Crippen molar-refractivity contribution in [2.75, 3.05) is 13.1 Å². The second-order valence-corrected chi connectivity index (χ2v) is 4.96. The number of nitrogens with one attached hydrogen (secondary N) is 1. The van der Waals surface area contributed by atoms with Crippen molar-refractivity contribution < 1.29 is 14.7 Å². The smallest absolute Gasteiger partial charge is 0.407 e. The Kier molecular flexibility index (Phi) is 4.27. The van der Waals surface area contributed by atoms with Crippen molar-refractivity contribution in [1.29, 1.82) is 0 Å². The van der Waals surface area contributed by atoms with Crippen LogP contribution in [-0.4, -0.2) is 41.1 Å². The van der Waals surface area contributed by atoms with Gasteiger partial charge in [0.25, 0.3) is 5.91 Å². The number of carbonyl (C=O) groups excluding carboxylic acids is 1. The zero-order chi connectivity index (χ0) is 13.8. The van der Waals surface area contributed by atoms with E-state index in [1.54, 1.807) is 24.3 Å². The molecule has 0 atom stereocenters. The standard InChI is InChI=1S/C13H15ClN2O3/c14-10-3-1-9(2-4-10)12(17)15-11-5-7-16(8-6-11)13(18)19/h1-4,11H,5-8H2,(H,15,17)(H,18,19). The first-order chi connectivity index (χ1) is 9.06. The summed E-state index contributed by atoms with van der Waals surface area (Å²) in [5.74, 6) is -0.148. The number of nitrogens with zero attached hydrogens (tertiary/aromatic N) is 1. The van der Waals surface area contributed by atoms with Crippen LogP contribution in [0.2, 0.25) is 5.02 Å². The van der Waals surface area contributed by atoms with Crippen LogP contribution in [0.4, 0.5) is 4.79 Å². The second-order valence-electron chi connectivity index (χ2n) is 4.52. The van der Waals surface area contributed by atoms with Gasteiger partial charge in [-0.15, -0.1) is 0 Å². The van der Waals surface area contributed by atoms with Crippen molar-refractivity contribution in [3.05, 3.63) is 34.9 Å². The van der Waals surface area contributed by atoms with Gasteiger partial charge in [0.1, 0.15) is 0 Å². The molecular formula is C13H15ClN2O3. The predicted molar refractivity (Wildman–Crippen MR) is 71.5 cm³/mol. The highest BCUT2D eigenvalue weighted by Gasteiger charge is 2.23. The molecule has 0 unspecified atom stereocenters. The molecule has 2 N–H and O–H groups in total. The van der Waals surface area contributed by atoms with Crippen molar-refractivity contribution in [1.82, 2.24) is 10.2 Å². The number of carboxylic acid groups (broad SMARTS) is 1. The van der Waals surface area contributed by atoms with Crippen LogP contribution in [0.5, 0.6) is 0 Å². The maximum Gasteiger partial charge on any atom is 0.407 e. The minimum atomic E-state index is -0.900. The van der Waals surface area contributed by atoms with Crippen molar-refractivity contribution in [3.63, 3.8) is 0 Å². The van der Waals surface area contributed by atoms with E-state index in [1.807, 2.05) is 0 Å². The maximum atomic E-state index is 12.0. The molecule has 19 heavy (non-hydrogen) atoms. The average molecular weight is 283 g/mol. The Morgan fingerprint density at radius 1 is 1.21 bits per heavy atom. The largest absolute Gasteiger partial charge is 0.465 e. The fourth-order valence-electron chi connectivity index (χ4n) is 2.09. The van der Waals surface area contributed by atoms with Gasteiger partial charge >= 0.3 is 6.09 Å². The highest BCUT2D eigenvalue weighted by atomic mass is 35.5. The molecule has 2 amide bonds. The Morgan fingerprint density at radius 3 is 2.32 bits per heavy atom. The molecule has 1 aromatic carbocycles. The zero-order valence-corrected chi connectivity index (χ0v) is 11.1. The number of likely N-dealkylation sites (tertiary alicyclic amines) is 1. The molecule has 0 bridgehead atoms.